The number of nitrogens with one attached hydrogen (secondary N) is 1. The van der Waals surface area contributed by atoms with Crippen LogP contribution in [-0.4, -0.2) is 15.9 Å². The molecule has 1 aromatic carbocycles. The van der Waals surface area contributed by atoms with Gasteiger partial charge in [-0.3, -0.25) is 4.79 Å². The van der Waals surface area contributed by atoms with Gasteiger partial charge < -0.3 is 5.32 Å². The van der Waals surface area contributed by atoms with E-state index in [0.29, 0.717) is 10.8 Å². The number of pyridine rings is 1. The monoisotopic (exact) mass is 343 g/mol. The Hall–Kier alpha value is -2.24. The third kappa shape index (κ3) is 3.94. The molecule has 3 aromatic rings. The van der Waals surface area contributed by atoms with Crippen molar-refractivity contribution in [1.29, 1.82) is 0 Å². The largest absolute Gasteiger partial charge is 0.310 e. The van der Waals surface area contributed by atoms with Crippen molar-refractivity contribution in [3.8, 4) is 10.6 Å². The highest BCUT2D eigenvalue weighted by Crippen LogP contribution is 2.23. The molecule has 116 valence electrons. The fourth-order valence-electron chi connectivity index (χ4n) is 2.06. The normalized spacial score (nSPS) is 10.5. The molecule has 2 heterocycles. The van der Waals surface area contributed by atoms with Crippen molar-refractivity contribution in [2.45, 2.75) is 13.3 Å². The summed E-state index contributed by atoms with van der Waals surface area (Å²) in [5.41, 5.74) is 2.67. The van der Waals surface area contributed by atoms with E-state index in [1.807, 2.05) is 42.6 Å². The Balaban J connectivity index is 1.66. The zero-order valence-electron chi connectivity index (χ0n) is 12.4. The number of aromatic nitrogens is 2. The van der Waals surface area contributed by atoms with Gasteiger partial charge in [-0.1, -0.05) is 41.9 Å². The molecule has 0 saturated heterocycles. The predicted octanol–water partition coefficient (Wildman–Crippen LogP) is 4.35. The summed E-state index contributed by atoms with van der Waals surface area (Å²) in [7, 11) is 0. The quantitative estimate of drug-likeness (QED) is 0.766. The minimum atomic E-state index is -0.149. The molecule has 23 heavy (non-hydrogen) atoms. The number of hydrogen-bond donors (Lipinski definition) is 1. The Kier molecular flexibility index (Phi) is 4.69. The first-order valence-corrected chi connectivity index (χ1v) is 8.29. The van der Waals surface area contributed by atoms with Crippen LogP contribution in [-0.2, 0) is 11.2 Å². The maximum atomic E-state index is 12.1. The van der Waals surface area contributed by atoms with Crippen LogP contribution in [0.2, 0.25) is 5.02 Å². The second kappa shape index (κ2) is 6.89. The zero-order valence-corrected chi connectivity index (χ0v) is 14.0. The second-order valence-electron chi connectivity index (χ2n) is 5.05. The molecule has 0 atom stereocenters. The summed E-state index contributed by atoms with van der Waals surface area (Å²) in [6.45, 7) is 1.87. The smallest absolute Gasteiger partial charge is 0.231 e. The summed E-state index contributed by atoms with van der Waals surface area (Å²) in [5, 5.41) is 6.16. The van der Waals surface area contributed by atoms with Gasteiger partial charge in [-0.2, -0.15) is 0 Å². The van der Waals surface area contributed by atoms with Gasteiger partial charge in [0.15, 0.2) is 0 Å². The van der Waals surface area contributed by atoms with E-state index < -0.39 is 0 Å². The Morgan fingerprint density at radius 3 is 2.83 bits per heavy atom. The number of halogens is 1. The fourth-order valence-corrected chi connectivity index (χ4v) is 2.99. The second-order valence-corrected chi connectivity index (χ2v) is 6.32. The van der Waals surface area contributed by atoms with Gasteiger partial charge in [0.05, 0.1) is 17.1 Å². The maximum Gasteiger partial charge on any atom is 0.231 e. The highest BCUT2D eigenvalue weighted by Gasteiger charge is 2.10. The van der Waals surface area contributed by atoms with Crippen molar-refractivity contribution >= 4 is 34.7 Å². The van der Waals surface area contributed by atoms with Gasteiger partial charge in [-0.15, -0.1) is 11.3 Å². The topological polar surface area (TPSA) is 54.9 Å². The molecule has 1 N–H and O–H groups in total. The highest BCUT2D eigenvalue weighted by molar-refractivity contribution is 7.13. The lowest BCUT2D eigenvalue weighted by Crippen LogP contribution is -2.15. The molecule has 0 spiro atoms. The number of thiazole rings is 1. The molecule has 0 aliphatic carbocycles. The standard InChI is InChI=1S/C17H14ClN3OS/c1-11-7-15(19-9-14(11)18)21-16(22)8-13-10-23-17(20-13)12-5-3-2-4-6-12/h2-7,9-10H,8H2,1H3,(H,19,21,22). The van der Waals surface area contributed by atoms with Gasteiger partial charge >= 0.3 is 0 Å². The summed E-state index contributed by atoms with van der Waals surface area (Å²) < 4.78 is 0. The third-order valence-electron chi connectivity index (χ3n) is 3.23. The van der Waals surface area contributed by atoms with Crippen LogP contribution in [0.1, 0.15) is 11.3 Å². The molecule has 0 unspecified atom stereocenters. The van der Waals surface area contributed by atoms with Crippen LogP contribution in [0, 0.1) is 6.92 Å². The fraction of sp³-hybridized carbons (Fsp3) is 0.118. The minimum absolute atomic E-state index is 0.149. The van der Waals surface area contributed by atoms with Crippen LogP contribution in [0.5, 0.6) is 0 Å². The van der Waals surface area contributed by atoms with E-state index in [1.54, 1.807) is 6.07 Å². The first kappa shape index (κ1) is 15.6. The molecule has 0 aliphatic rings. The van der Waals surface area contributed by atoms with E-state index in [9.17, 15) is 4.79 Å². The number of nitrogens with zero attached hydrogens (tertiary/aromatic N) is 2. The SMILES string of the molecule is Cc1cc(NC(=O)Cc2csc(-c3ccccc3)n2)ncc1Cl. The number of amides is 1. The predicted molar refractivity (Wildman–Crippen MR) is 93.9 cm³/mol. The summed E-state index contributed by atoms with van der Waals surface area (Å²) in [4.78, 5) is 20.7. The van der Waals surface area contributed by atoms with Crippen molar-refractivity contribution in [2.75, 3.05) is 5.32 Å². The molecule has 0 saturated carbocycles. The molecule has 2 aromatic heterocycles. The lowest BCUT2D eigenvalue weighted by molar-refractivity contribution is -0.115. The van der Waals surface area contributed by atoms with Gasteiger partial charge in [0.25, 0.3) is 0 Å². The van der Waals surface area contributed by atoms with E-state index in [0.717, 1.165) is 21.8 Å². The van der Waals surface area contributed by atoms with E-state index in [2.05, 4.69) is 15.3 Å². The molecule has 0 bridgehead atoms. The van der Waals surface area contributed by atoms with Crippen molar-refractivity contribution in [2.24, 2.45) is 0 Å². The molecular weight excluding hydrogens is 330 g/mol. The Morgan fingerprint density at radius 1 is 1.30 bits per heavy atom. The average molecular weight is 344 g/mol. The van der Waals surface area contributed by atoms with Crippen LogP contribution < -0.4 is 5.32 Å². The first-order chi connectivity index (χ1) is 11.1. The number of hydrogen-bond acceptors (Lipinski definition) is 4. The van der Waals surface area contributed by atoms with Crippen LogP contribution in [0.3, 0.4) is 0 Å². The molecule has 6 heteroatoms. The molecule has 0 aliphatic heterocycles. The minimum Gasteiger partial charge on any atom is -0.310 e. The van der Waals surface area contributed by atoms with E-state index >= 15 is 0 Å². The van der Waals surface area contributed by atoms with Crippen molar-refractivity contribution in [1.82, 2.24) is 9.97 Å². The molecular formula is C17H14ClN3OS. The molecule has 0 radical (unpaired) electrons. The van der Waals surface area contributed by atoms with E-state index in [4.69, 9.17) is 11.6 Å². The van der Waals surface area contributed by atoms with Gasteiger partial charge in [-0.05, 0) is 18.6 Å². The average Bonchev–Trinajstić information content (AvgIpc) is 3.00. The lowest BCUT2D eigenvalue weighted by Gasteiger charge is -2.05. The van der Waals surface area contributed by atoms with Gasteiger partial charge in [0, 0.05) is 17.1 Å². The van der Waals surface area contributed by atoms with E-state index in [1.165, 1.54) is 17.5 Å². The Labute approximate surface area is 143 Å². The number of anilines is 1. The summed E-state index contributed by atoms with van der Waals surface area (Å²) in [6.07, 6.45) is 1.75. The van der Waals surface area contributed by atoms with Gasteiger partial charge in [0.2, 0.25) is 5.91 Å². The van der Waals surface area contributed by atoms with Crippen LogP contribution in [0.15, 0.2) is 48.0 Å². The Morgan fingerprint density at radius 2 is 2.09 bits per heavy atom. The van der Waals surface area contributed by atoms with Crippen molar-refractivity contribution < 1.29 is 4.79 Å². The number of rotatable bonds is 4. The maximum absolute atomic E-state index is 12.1. The molecule has 0 fully saturated rings. The molecule has 4 nitrogen and oxygen atoms in total. The number of carbonyl (C=O) groups is 1. The number of benzene rings is 1. The van der Waals surface area contributed by atoms with Crippen molar-refractivity contribution in [3.63, 3.8) is 0 Å². The number of carbonyl (C=O) groups excluding carboxylic acids is 1. The van der Waals surface area contributed by atoms with Crippen LogP contribution >= 0.6 is 22.9 Å². The summed E-state index contributed by atoms with van der Waals surface area (Å²) in [5.74, 6) is 0.347. The summed E-state index contributed by atoms with van der Waals surface area (Å²) in [6, 6.07) is 11.7. The van der Waals surface area contributed by atoms with E-state index in [-0.39, 0.29) is 12.3 Å². The zero-order chi connectivity index (χ0) is 16.2. The third-order valence-corrected chi connectivity index (χ3v) is 4.56. The van der Waals surface area contributed by atoms with Gasteiger partial charge in [-0.25, -0.2) is 9.97 Å². The van der Waals surface area contributed by atoms with Gasteiger partial charge in [0.1, 0.15) is 10.8 Å². The molecule has 3 rings (SSSR count). The molecule has 1 amide bonds. The first-order valence-electron chi connectivity index (χ1n) is 7.03. The summed E-state index contributed by atoms with van der Waals surface area (Å²) >= 11 is 7.46. The van der Waals surface area contributed by atoms with Crippen molar-refractivity contribution in [3.05, 3.63) is 64.3 Å². The van der Waals surface area contributed by atoms with Crippen LogP contribution in [0.4, 0.5) is 5.82 Å². The van der Waals surface area contributed by atoms with Crippen LogP contribution in [0.25, 0.3) is 10.6 Å². The highest BCUT2D eigenvalue weighted by atomic mass is 35.5. The number of aryl methyl sites for hydroxylation is 1. The Bertz CT molecular complexity index is 833. The lowest BCUT2D eigenvalue weighted by atomic mass is 10.2.